The van der Waals surface area contributed by atoms with E-state index in [2.05, 4.69) is 38.0 Å². The molecule has 0 unspecified atom stereocenters. The van der Waals surface area contributed by atoms with E-state index >= 15 is 0 Å². The molecule has 0 aliphatic heterocycles. The first-order chi connectivity index (χ1) is 8.06. The third kappa shape index (κ3) is 15.8. The van der Waals surface area contributed by atoms with E-state index in [1.165, 1.54) is 57.8 Å². The summed E-state index contributed by atoms with van der Waals surface area (Å²) < 4.78 is 0. The van der Waals surface area contributed by atoms with Crippen LogP contribution in [-0.2, 0) is 0 Å². The van der Waals surface area contributed by atoms with E-state index in [4.69, 9.17) is 0 Å². The molecule has 0 heterocycles. The Hall–Kier alpha value is -0.223. The van der Waals surface area contributed by atoms with Gasteiger partial charge in [-0.25, -0.2) is 0 Å². The van der Waals surface area contributed by atoms with Gasteiger partial charge in [0.1, 0.15) is 8.07 Å². The van der Waals surface area contributed by atoms with Crippen LogP contribution in [0.3, 0.4) is 0 Å². The molecule has 0 bridgehead atoms. The van der Waals surface area contributed by atoms with E-state index in [1.54, 1.807) is 0 Å². The molecule has 0 aliphatic carbocycles. The Balaban J connectivity index is 3.16. The van der Waals surface area contributed by atoms with Crippen LogP contribution in [0.15, 0.2) is 0 Å². The maximum absolute atomic E-state index is 3.44. The lowest BCUT2D eigenvalue weighted by Crippen LogP contribution is -2.16. The molecule has 100 valence electrons. The molecule has 0 N–H and O–H groups in total. The van der Waals surface area contributed by atoms with Crippen LogP contribution in [0.25, 0.3) is 0 Å². The van der Waals surface area contributed by atoms with Crippen molar-refractivity contribution in [2.45, 2.75) is 90.8 Å². The van der Waals surface area contributed by atoms with Crippen molar-refractivity contribution < 1.29 is 0 Å². The molecular weight excluding hydrogens is 220 g/mol. The van der Waals surface area contributed by atoms with Crippen LogP contribution in [0.5, 0.6) is 0 Å². The fourth-order valence-corrected chi connectivity index (χ4v) is 2.51. The summed E-state index contributed by atoms with van der Waals surface area (Å²) in [6.45, 7) is 9.23. The van der Waals surface area contributed by atoms with Crippen LogP contribution in [0, 0.1) is 11.5 Å². The van der Waals surface area contributed by atoms with Gasteiger partial charge < -0.3 is 0 Å². The third-order valence-corrected chi connectivity index (χ3v) is 3.80. The normalized spacial score (nSPS) is 11.1. The summed E-state index contributed by atoms with van der Waals surface area (Å²) in [6, 6.07) is 0. The van der Waals surface area contributed by atoms with Crippen LogP contribution in [0.4, 0.5) is 0 Å². The molecule has 0 aliphatic rings. The summed E-state index contributed by atoms with van der Waals surface area (Å²) in [5, 5.41) is 0. The number of rotatable bonds is 9. The second-order valence-corrected chi connectivity index (χ2v) is 10.9. The number of hydrogen-bond acceptors (Lipinski definition) is 0. The van der Waals surface area contributed by atoms with Gasteiger partial charge in [-0.1, -0.05) is 77.9 Å². The largest absolute Gasteiger partial charge is 0.132 e. The molecule has 0 atom stereocenters. The van der Waals surface area contributed by atoms with Crippen molar-refractivity contribution in [3.63, 3.8) is 0 Å². The second-order valence-electron chi connectivity index (χ2n) is 6.13. The minimum Gasteiger partial charge on any atom is -0.132 e. The topological polar surface area (TPSA) is 0 Å². The fourth-order valence-electron chi connectivity index (χ4n) is 1.85. The summed E-state index contributed by atoms with van der Waals surface area (Å²) in [7, 11) is -1.11. The van der Waals surface area contributed by atoms with Crippen molar-refractivity contribution in [3.8, 4) is 11.5 Å². The molecule has 0 radical (unpaired) electrons. The van der Waals surface area contributed by atoms with Crippen molar-refractivity contribution in [1.82, 2.24) is 0 Å². The summed E-state index contributed by atoms with van der Waals surface area (Å²) in [5.74, 6) is 3.36. The Morgan fingerprint density at radius 3 is 1.65 bits per heavy atom. The quantitative estimate of drug-likeness (QED) is 0.277. The maximum atomic E-state index is 3.44. The smallest absolute Gasteiger partial charge is 0.129 e. The van der Waals surface area contributed by atoms with Crippen LogP contribution >= 0.6 is 0 Å². The van der Waals surface area contributed by atoms with E-state index in [1.807, 2.05) is 0 Å². The Kier molecular flexibility index (Phi) is 10.8. The van der Waals surface area contributed by atoms with Gasteiger partial charge in [0.05, 0.1) is 0 Å². The Morgan fingerprint density at radius 1 is 0.706 bits per heavy atom. The lowest BCUT2D eigenvalue weighted by Gasteiger charge is -2.03. The van der Waals surface area contributed by atoms with Crippen molar-refractivity contribution in [2.75, 3.05) is 0 Å². The highest BCUT2D eigenvalue weighted by Crippen LogP contribution is 2.10. The van der Waals surface area contributed by atoms with Gasteiger partial charge in [0.15, 0.2) is 0 Å². The van der Waals surface area contributed by atoms with Gasteiger partial charge in [-0.2, -0.15) is 0 Å². The monoisotopic (exact) mass is 252 g/mol. The number of unbranched alkanes of at least 4 members (excludes halogenated alkanes) is 9. The van der Waals surface area contributed by atoms with Gasteiger partial charge in [-0.15, -0.1) is 11.5 Å². The van der Waals surface area contributed by atoms with Crippen molar-refractivity contribution in [3.05, 3.63) is 0 Å². The first-order valence-corrected chi connectivity index (χ1v) is 11.1. The van der Waals surface area contributed by atoms with Crippen LogP contribution in [-0.4, -0.2) is 8.07 Å². The standard InChI is InChI=1S/C16H32Si/c1-5-6-7-8-9-10-11-12-13-14-15-16-17(2,3)4/h5-14H2,1-4H3. The maximum Gasteiger partial charge on any atom is 0.129 e. The van der Waals surface area contributed by atoms with E-state index in [9.17, 15) is 0 Å². The molecule has 0 saturated carbocycles. The van der Waals surface area contributed by atoms with Gasteiger partial charge >= 0.3 is 0 Å². The number of hydrogen-bond donors (Lipinski definition) is 0. The molecule has 0 aromatic rings. The molecular formula is C16H32Si. The van der Waals surface area contributed by atoms with Crippen molar-refractivity contribution in [2.24, 2.45) is 0 Å². The first kappa shape index (κ1) is 16.8. The van der Waals surface area contributed by atoms with Gasteiger partial charge in [0.2, 0.25) is 0 Å². The van der Waals surface area contributed by atoms with Gasteiger partial charge in [-0.3, -0.25) is 0 Å². The minimum atomic E-state index is -1.11. The summed E-state index contributed by atoms with van der Waals surface area (Å²) in [5.41, 5.74) is 3.44. The first-order valence-electron chi connectivity index (χ1n) is 7.56. The van der Waals surface area contributed by atoms with Crippen molar-refractivity contribution >= 4 is 8.07 Å². The zero-order valence-electron chi connectivity index (χ0n) is 12.6. The molecule has 0 fully saturated rings. The zero-order valence-corrected chi connectivity index (χ0v) is 13.6. The molecule has 0 nitrogen and oxygen atoms in total. The zero-order chi connectivity index (χ0) is 13.0. The van der Waals surface area contributed by atoms with Crippen LogP contribution in [0.2, 0.25) is 19.6 Å². The van der Waals surface area contributed by atoms with Crippen molar-refractivity contribution in [1.29, 1.82) is 0 Å². The molecule has 0 amide bonds. The average molecular weight is 253 g/mol. The predicted molar refractivity (Wildman–Crippen MR) is 83.0 cm³/mol. The SMILES string of the molecule is CCCCCCCCCCCC#C[Si](C)(C)C. The highest BCUT2D eigenvalue weighted by Gasteiger charge is 2.06. The average Bonchev–Trinajstić information content (AvgIpc) is 2.24. The summed E-state index contributed by atoms with van der Waals surface area (Å²) in [4.78, 5) is 0. The lowest BCUT2D eigenvalue weighted by molar-refractivity contribution is 0.567. The highest BCUT2D eigenvalue weighted by atomic mass is 28.3. The molecule has 1 heteroatoms. The predicted octanol–water partition coefficient (Wildman–Crippen LogP) is 5.79. The molecule has 0 spiro atoms. The molecule has 17 heavy (non-hydrogen) atoms. The molecule has 0 aromatic carbocycles. The van der Waals surface area contributed by atoms with E-state index in [0.29, 0.717) is 0 Å². The summed E-state index contributed by atoms with van der Waals surface area (Å²) >= 11 is 0. The third-order valence-electron chi connectivity index (χ3n) is 2.87. The summed E-state index contributed by atoms with van der Waals surface area (Å²) in [6.07, 6.45) is 13.8. The lowest BCUT2D eigenvalue weighted by atomic mass is 10.1. The fraction of sp³-hybridized carbons (Fsp3) is 0.875. The van der Waals surface area contributed by atoms with Gasteiger partial charge in [-0.05, 0) is 6.42 Å². The van der Waals surface area contributed by atoms with Gasteiger partial charge in [0, 0.05) is 6.42 Å². The van der Waals surface area contributed by atoms with E-state index in [-0.39, 0.29) is 0 Å². The molecule has 0 aromatic heterocycles. The van der Waals surface area contributed by atoms with E-state index < -0.39 is 8.07 Å². The van der Waals surface area contributed by atoms with E-state index in [0.717, 1.165) is 6.42 Å². The Labute approximate surface area is 111 Å². The van der Waals surface area contributed by atoms with Crippen LogP contribution < -0.4 is 0 Å². The highest BCUT2D eigenvalue weighted by molar-refractivity contribution is 6.83. The molecule has 0 saturated heterocycles. The molecule has 0 rings (SSSR count). The minimum absolute atomic E-state index is 1.11. The second kappa shape index (κ2) is 10.9. The Morgan fingerprint density at radius 2 is 1.18 bits per heavy atom. The van der Waals surface area contributed by atoms with Crippen LogP contribution in [0.1, 0.15) is 71.1 Å². The Bertz CT molecular complexity index is 214. The van der Waals surface area contributed by atoms with Gasteiger partial charge in [0.25, 0.3) is 0 Å².